The lowest BCUT2D eigenvalue weighted by Gasteiger charge is -2.26. The summed E-state index contributed by atoms with van der Waals surface area (Å²) in [6.07, 6.45) is -0.379. The molecule has 0 radical (unpaired) electrons. The maximum Gasteiger partial charge on any atom is 0.415 e. The molecule has 1 aliphatic heterocycles. The van der Waals surface area contributed by atoms with Gasteiger partial charge in [-0.25, -0.2) is 9.78 Å². The molecule has 7 heteroatoms. The van der Waals surface area contributed by atoms with Crippen LogP contribution in [0.2, 0.25) is 0 Å². The fraction of sp³-hybridized carbons (Fsp3) is 0.333. The summed E-state index contributed by atoms with van der Waals surface area (Å²) >= 11 is 6.97. The zero-order chi connectivity index (χ0) is 15.7. The van der Waals surface area contributed by atoms with Gasteiger partial charge in [-0.1, -0.05) is 15.9 Å². The molecule has 22 heavy (non-hydrogen) atoms. The van der Waals surface area contributed by atoms with Crippen molar-refractivity contribution in [1.29, 1.82) is 0 Å². The highest BCUT2D eigenvalue weighted by atomic mass is 79.9. The number of pyridine rings is 1. The first kappa shape index (κ1) is 15.7. The number of hydrogen-bond acceptors (Lipinski definition) is 4. The van der Waals surface area contributed by atoms with Gasteiger partial charge in [0.15, 0.2) is 5.75 Å². The number of aromatic nitrogens is 1. The van der Waals surface area contributed by atoms with Gasteiger partial charge in [-0.3, -0.25) is 0 Å². The molecule has 0 unspecified atom stereocenters. The number of amides is 1. The van der Waals surface area contributed by atoms with Crippen molar-refractivity contribution in [3.05, 3.63) is 32.8 Å². The summed E-state index contributed by atoms with van der Waals surface area (Å²) < 4.78 is 12.4. The molecule has 0 atom stereocenters. The minimum atomic E-state index is -0.379. The topological polar surface area (TPSA) is 51.7 Å². The van der Waals surface area contributed by atoms with Gasteiger partial charge in [-0.15, -0.1) is 0 Å². The monoisotopic (exact) mass is 428 g/mol. The van der Waals surface area contributed by atoms with Crippen molar-refractivity contribution < 1.29 is 14.3 Å². The van der Waals surface area contributed by atoms with E-state index in [0.717, 1.165) is 15.6 Å². The van der Waals surface area contributed by atoms with Crippen LogP contribution in [-0.4, -0.2) is 42.3 Å². The molecule has 0 aliphatic carbocycles. The van der Waals surface area contributed by atoms with Gasteiger partial charge >= 0.3 is 6.09 Å². The minimum Gasteiger partial charge on any atom is -0.407 e. The summed E-state index contributed by atoms with van der Waals surface area (Å²) in [6.45, 7) is 4.06. The van der Waals surface area contributed by atoms with Crippen LogP contribution in [0.25, 0.3) is 10.9 Å². The van der Waals surface area contributed by atoms with Crippen LogP contribution in [0, 0.1) is 6.92 Å². The molecule has 116 valence electrons. The molecule has 2 aromatic rings. The average Bonchev–Trinajstić information content (AvgIpc) is 2.51. The van der Waals surface area contributed by atoms with Crippen LogP contribution < -0.4 is 4.74 Å². The van der Waals surface area contributed by atoms with E-state index in [9.17, 15) is 4.79 Å². The summed E-state index contributed by atoms with van der Waals surface area (Å²) in [4.78, 5) is 18.5. The Kier molecular flexibility index (Phi) is 4.65. The van der Waals surface area contributed by atoms with Crippen LogP contribution in [-0.2, 0) is 4.74 Å². The molecule has 3 rings (SSSR count). The van der Waals surface area contributed by atoms with E-state index in [4.69, 9.17) is 9.47 Å². The summed E-state index contributed by atoms with van der Waals surface area (Å²) in [5.74, 6) is 0.443. The molecule has 0 bridgehead atoms. The van der Waals surface area contributed by atoms with Crippen molar-refractivity contribution in [1.82, 2.24) is 9.88 Å². The number of aryl methyl sites for hydroxylation is 1. The molecule has 5 nitrogen and oxygen atoms in total. The molecular weight excluding hydrogens is 416 g/mol. The molecule has 1 fully saturated rings. The van der Waals surface area contributed by atoms with E-state index in [2.05, 4.69) is 36.8 Å². The molecular formula is C15H14Br2N2O3. The largest absolute Gasteiger partial charge is 0.415 e. The van der Waals surface area contributed by atoms with Gasteiger partial charge in [0.25, 0.3) is 0 Å². The molecule has 1 saturated heterocycles. The van der Waals surface area contributed by atoms with E-state index in [-0.39, 0.29) is 6.09 Å². The number of hydrogen-bond donors (Lipinski definition) is 0. The Balaban J connectivity index is 1.99. The van der Waals surface area contributed by atoms with Gasteiger partial charge in [-0.05, 0) is 41.1 Å². The Labute approximate surface area is 144 Å². The smallest absolute Gasteiger partial charge is 0.407 e. The Morgan fingerprint density at radius 2 is 2.00 bits per heavy atom. The third-order valence-corrected chi connectivity index (χ3v) is 4.68. The maximum atomic E-state index is 12.3. The normalized spacial score (nSPS) is 15.1. The second-order valence-corrected chi connectivity index (χ2v) is 6.69. The van der Waals surface area contributed by atoms with E-state index < -0.39 is 0 Å². The number of ether oxygens (including phenoxy) is 2. The molecule has 0 N–H and O–H groups in total. The SMILES string of the molecule is Cc1ccc2c(Br)cc(Br)c(OC(=O)N3CCOCC3)c2n1. The van der Waals surface area contributed by atoms with E-state index in [0.29, 0.717) is 42.0 Å². The second-order valence-electron chi connectivity index (χ2n) is 4.99. The highest BCUT2D eigenvalue weighted by Gasteiger charge is 2.22. The van der Waals surface area contributed by atoms with E-state index in [1.54, 1.807) is 4.90 Å². The standard InChI is InChI=1S/C15H14Br2N2O3/c1-9-2-3-10-11(16)8-12(17)14(13(10)18-9)22-15(20)19-4-6-21-7-5-19/h2-3,8H,4-7H2,1H3. The Hall–Kier alpha value is -1.18. The van der Waals surface area contributed by atoms with E-state index in [1.807, 2.05) is 25.1 Å². The first-order valence-corrected chi connectivity index (χ1v) is 8.44. The number of carbonyl (C=O) groups is 1. The lowest BCUT2D eigenvalue weighted by Crippen LogP contribution is -2.42. The number of rotatable bonds is 1. The third kappa shape index (κ3) is 3.11. The third-order valence-electron chi connectivity index (χ3n) is 3.44. The molecule has 0 spiro atoms. The summed E-state index contributed by atoms with van der Waals surface area (Å²) in [5, 5.41) is 0.901. The van der Waals surface area contributed by atoms with Gasteiger partial charge < -0.3 is 14.4 Å². The summed E-state index contributed by atoms with van der Waals surface area (Å²) in [7, 11) is 0. The Bertz CT molecular complexity index is 730. The average molecular weight is 430 g/mol. The van der Waals surface area contributed by atoms with Crippen molar-refractivity contribution in [3.63, 3.8) is 0 Å². The van der Waals surface area contributed by atoms with Crippen LogP contribution in [0.15, 0.2) is 27.1 Å². The Morgan fingerprint density at radius 1 is 1.27 bits per heavy atom. The van der Waals surface area contributed by atoms with Crippen molar-refractivity contribution >= 4 is 48.9 Å². The highest BCUT2D eigenvalue weighted by Crippen LogP contribution is 2.37. The molecule has 2 heterocycles. The zero-order valence-electron chi connectivity index (χ0n) is 11.9. The number of morpholine rings is 1. The molecule has 0 saturated carbocycles. The minimum absolute atomic E-state index is 0.379. The van der Waals surface area contributed by atoms with Crippen molar-refractivity contribution in [2.45, 2.75) is 6.92 Å². The zero-order valence-corrected chi connectivity index (χ0v) is 15.1. The fourth-order valence-electron chi connectivity index (χ4n) is 2.29. The number of carbonyl (C=O) groups excluding carboxylic acids is 1. The number of benzene rings is 1. The maximum absolute atomic E-state index is 12.3. The number of nitrogens with zero attached hydrogens (tertiary/aromatic N) is 2. The quantitative estimate of drug-likeness (QED) is 0.689. The predicted molar refractivity (Wildman–Crippen MR) is 90.3 cm³/mol. The summed E-state index contributed by atoms with van der Waals surface area (Å²) in [5.41, 5.74) is 1.52. The van der Waals surface area contributed by atoms with Crippen LogP contribution >= 0.6 is 31.9 Å². The molecule has 1 aliphatic rings. The van der Waals surface area contributed by atoms with E-state index >= 15 is 0 Å². The van der Waals surface area contributed by atoms with Gasteiger partial charge in [0.2, 0.25) is 0 Å². The molecule has 1 amide bonds. The van der Waals surface area contributed by atoms with Crippen molar-refractivity contribution in [2.75, 3.05) is 26.3 Å². The van der Waals surface area contributed by atoms with Crippen LogP contribution in [0.1, 0.15) is 5.69 Å². The van der Waals surface area contributed by atoms with Gasteiger partial charge in [0.1, 0.15) is 5.52 Å². The summed E-state index contributed by atoms with van der Waals surface area (Å²) in [6, 6.07) is 5.75. The Morgan fingerprint density at radius 3 is 2.73 bits per heavy atom. The van der Waals surface area contributed by atoms with Gasteiger partial charge in [0, 0.05) is 28.6 Å². The van der Waals surface area contributed by atoms with E-state index in [1.165, 1.54) is 0 Å². The van der Waals surface area contributed by atoms with Crippen LogP contribution in [0.5, 0.6) is 5.75 Å². The highest BCUT2D eigenvalue weighted by molar-refractivity contribution is 9.11. The first-order valence-electron chi connectivity index (χ1n) is 6.86. The lowest BCUT2D eigenvalue weighted by atomic mass is 10.2. The van der Waals surface area contributed by atoms with Gasteiger partial charge in [-0.2, -0.15) is 0 Å². The molecule has 1 aromatic carbocycles. The van der Waals surface area contributed by atoms with Gasteiger partial charge in [0.05, 0.1) is 17.7 Å². The first-order chi connectivity index (χ1) is 10.6. The van der Waals surface area contributed by atoms with Crippen molar-refractivity contribution in [3.8, 4) is 5.75 Å². The van der Waals surface area contributed by atoms with Crippen LogP contribution in [0.3, 0.4) is 0 Å². The molecule has 1 aromatic heterocycles. The number of halogens is 2. The van der Waals surface area contributed by atoms with Crippen molar-refractivity contribution in [2.24, 2.45) is 0 Å². The predicted octanol–water partition coefficient (Wildman–Crippen LogP) is 3.90. The van der Waals surface area contributed by atoms with Crippen LogP contribution in [0.4, 0.5) is 4.79 Å². The fourth-order valence-corrected chi connectivity index (χ4v) is 3.64. The lowest BCUT2D eigenvalue weighted by molar-refractivity contribution is 0.0416. The number of fused-ring (bicyclic) bond motifs is 1. The second kappa shape index (κ2) is 6.52.